The van der Waals surface area contributed by atoms with Gasteiger partial charge in [-0.05, 0) is 46.3 Å². The molecule has 0 aliphatic heterocycles. The van der Waals surface area contributed by atoms with Gasteiger partial charge in [-0.3, -0.25) is 4.79 Å². The molecule has 0 aliphatic carbocycles. The molecule has 6 heteroatoms. The van der Waals surface area contributed by atoms with Crippen LogP contribution < -0.4 is 0 Å². The molecule has 1 aromatic carbocycles. The van der Waals surface area contributed by atoms with Gasteiger partial charge in [0.05, 0.1) is 19.9 Å². The van der Waals surface area contributed by atoms with Crippen molar-refractivity contribution < 1.29 is 14.3 Å². The summed E-state index contributed by atoms with van der Waals surface area (Å²) in [6.45, 7) is -0.277. The number of ketones is 1. The van der Waals surface area contributed by atoms with Crippen molar-refractivity contribution in [1.82, 2.24) is 4.98 Å². The predicted octanol–water partition coefficient (Wildman–Crippen LogP) is 4.50. The Morgan fingerprint density at radius 3 is 2.75 bits per heavy atom. The van der Waals surface area contributed by atoms with Crippen molar-refractivity contribution in [2.45, 2.75) is 0 Å². The first-order chi connectivity index (χ1) is 11.6. The van der Waals surface area contributed by atoms with E-state index < -0.39 is 5.97 Å². The van der Waals surface area contributed by atoms with Crippen LogP contribution in [0.5, 0.6) is 0 Å². The van der Waals surface area contributed by atoms with Crippen LogP contribution in [-0.4, -0.2) is 23.3 Å². The van der Waals surface area contributed by atoms with Crippen molar-refractivity contribution in [3.8, 4) is 0 Å². The van der Waals surface area contributed by atoms with E-state index in [9.17, 15) is 9.59 Å². The lowest BCUT2D eigenvalue weighted by Crippen LogP contribution is -2.11. The lowest BCUT2D eigenvalue weighted by Gasteiger charge is -2.00. The summed E-state index contributed by atoms with van der Waals surface area (Å²) in [7, 11) is 0. The molecule has 4 nitrogen and oxygen atoms in total. The second-order valence-corrected chi connectivity index (χ2v) is 7.36. The highest BCUT2D eigenvalue weighted by Gasteiger charge is 2.10. The molecule has 0 unspecified atom stereocenters. The zero-order chi connectivity index (χ0) is 16.9. The molecule has 3 rings (SSSR count). The second-order valence-electron chi connectivity index (χ2n) is 4.90. The van der Waals surface area contributed by atoms with Gasteiger partial charge in [0.2, 0.25) is 5.78 Å². The number of hydrogen-bond acceptors (Lipinski definition) is 5. The number of pyridine rings is 1. The molecule has 2 heterocycles. The molecule has 0 saturated heterocycles. The number of carbonyl (C=O) groups excluding carboxylic acids is 2. The number of rotatable bonds is 5. The molecule has 0 spiro atoms. The largest absolute Gasteiger partial charge is 0.454 e. The van der Waals surface area contributed by atoms with E-state index in [0.29, 0.717) is 10.6 Å². The molecule has 0 bridgehead atoms. The van der Waals surface area contributed by atoms with E-state index >= 15 is 0 Å². The summed E-state index contributed by atoms with van der Waals surface area (Å²) in [5.74, 6) is -0.801. The molecule has 0 aliphatic rings. The summed E-state index contributed by atoms with van der Waals surface area (Å²) < 4.78 is 5.83. The molecule has 0 atom stereocenters. The van der Waals surface area contributed by atoms with Crippen molar-refractivity contribution in [3.05, 3.63) is 69.0 Å². The van der Waals surface area contributed by atoms with Crippen molar-refractivity contribution in [3.63, 3.8) is 0 Å². The molecule has 24 heavy (non-hydrogen) atoms. The maximum atomic E-state index is 11.9. The number of ether oxygens (including phenoxy) is 1. The molecule has 0 radical (unpaired) electrons. The van der Waals surface area contributed by atoms with E-state index in [4.69, 9.17) is 4.74 Å². The number of Topliss-reactive ketones (excluding diaryl/α,β-unsaturated/α-hetero) is 1. The van der Waals surface area contributed by atoms with E-state index in [1.54, 1.807) is 18.2 Å². The predicted molar refractivity (Wildman–Crippen MR) is 98.1 cm³/mol. The van der Waals surface area contributed by atoms with Gasteiger partial charge in [0.15, 0.2) is 6.61 Å². The Labute approximate surface area is 150 Å². The van der Waals surface area contributed by atoms with Gasteiger partial charge in [0.25, 0.3) is 0 Å². The van der Waals surface area contributed by atoms with Crippen LogP contribution in [0.2, 0.25) is 0 Å². The third kappa shape index (κ3) is 4.15. The Morgan fingerprint density at radius 1 is 1.12 bits per heavy atom. The lowest BCUT2D eigenvalue weighted by molar-refractivity contribution is -0.136. The van der Waals surface area contributed by atoms with Gasteiger partial charge in [-0.2, -0.15) is 0 Å². The van der Waals surface area contributed by atoms with Gasteiger partial charge in [0.1, 0.15) is 0 Å². The highest BCUT2D eigenvalue weighted by Crippen LogP contribution is 2.22. The average Bonchev–Trinajstić information content (AvgIpc) is 3.04. The van der Waals surface area contributed by atoms with Crippen molar-refractivity contribution in [2.75, 3.05) is 6.61 Å². The Balaban J connectivity index is 1.59. The maximum absolute atomic E-state index is 11.9. The van der Waals surface area contributed by atoms with Crippen LogP contribution in [-0.2, 0) is 9.53 Å². The average molecular weight is 402 g/mol. The van der Waals surface area contributed by atoms with Gasteiger partial charge in [-0.25, -0.2) is 9.78 Å². The van der Waals surface area contributed by atoms with Gasteiger partial charge in [-0.1, -0.05) is 24.3 Å². The smallest absolute Gasteiger partial charge is 0.331 e. The quantitative estimate of drug-likeness (QED) is 0.358. The summed E-state index contributed by atoms with van der Waals surface area (Å²) in [5.41, 5.74) is 1.51. The third-order valence-corrected chi connectivity index (χ3v) is 4.87. The SMILES string of the molecule is O=C(/C=C/c1ccc2ccccc2n1)OCC(=O)c1ccc(Br)s1. The number of thiophene rings is 1. The molecule has 0 saturated carbocycles. The minimum Gasteiger partial charge on any atom is -0.454 e. The molecule has 3 aromatic rings. The number of hydrogen-bond donors (Lipinski definition) is 0. The van der Waals surface area contributed by atoms with Crippen LogP contribution in [0.4, 0.5) is 0 Å². The number of fused-ring (bicyclic) bond motifs is 1. The summed E-state index contributed by atoms with van der Waals surface area (Å²) in [4.78, 5) is 28.6. The van der Waals surface area contributed by atoms with E-state index in [1.807, 2.05) is 36.4 Å². The van der Waals surface area contributed by atoms with Crippen molar-refractivity contribution in [2.24, 2.45) is 0 Å². The molecule has 2 aromatic heterocycles. The second kappa shape index (κ2) is 7.51. The number of carbonyl (C=O) groups is 2. The van der Waals surface area contributed by atoms with Crippen molar-refractivity contribution in [1.29, 1.82) is 0 Å². The molecule has 0 fully saturated rings. The molecule has 120 valence electrons. The standard InChI is InChI=1S/C18H12BrNO3S/c19-17-9-8-16(24-17)15(21)11-23-18(22)10-7-13-6-5-12-3-1-2-4-14(12)20-13/h1-10H,11H2/b10-7+. The zero-order valence-corrected chi connectivity index (χ0v) is 14.8. The highest BCUT2D eigenvalue weighted by atomic mass is 79.9. The van der Waals surface area contributed by atoms with E-state index in [2.05, 4.69) is 20.9 Å². The number of halogens is 1. The molecule has 0 N–H and O–H groups in total. The molecule has 0 amide bonds. The van der Waals surface area contributed by atoms with Crippen LogP contribution >= 0.6 is 27.3 Å². The Hall–Kier alpha value is -2.31. The fraction of sp³-hybridized carbons (Fsp3) is 0.0556. The van der Waals surface area contributed by atoms with E-state index in [1.165, 1.54) is 17.4 Å². The minimum atomic E-state index is -0.575. The first-order valence-electron chi connectivity index (χ1n) is 7.11. The number of benzene rings is 1. The topological polar surface area (TPSA) is 56.3 Å². The Kier molecular flexibility index (Phi) is 5.17. The van der Waals surface area contributed by atoms with E-state index in [-0.39, 0.29) is 12.4 Å². The van der Waals surface area contributed by atoms with Crippen LogP contribution in [0.15, 0.2) is 58.4 Å². The number of nitrogens with zero attached hydrogens (tertiary/aromatic N) is 1. The zero-order valence-electron chi connectivity index (χ0n) is 12.4. The van der Waals surface area contributed by atoms with Crippen LogP contribution in [0.3, 0.4) is 0 Å². The minimum absolute atomic E-state index is 0.226. The lowest BCUT2D eigenvalue weighted by atomic mass is 10.2. The Bertz CT molecular complexity index is 933. The first kappa shape index (κ1) is 16.5. The Morgan fingerprint density at radius 2 is 1.96 bits per heavy atom. The summed E-state index contributed by atoms with van der Waals surface area (Å²) in [6, 6.07) is 15.0. The monoisotopic (exact) mass is 401 g/mol. The van der Waals surface area contributed by atoms with E-state index in [0.717, 1.165) is 14.7 Å². The van der Waals surface area contributed by atoms with Gasteiger partial charge >= 0.3 is 5.97 Å². The fourth-order valence-electron chi connectivity index (χ4n) is 2.05. The third-order valence-electron chi connectivity index (χ3n) is 3.20. The summed E-state index contributed by atoms with van der Waals surface area (Å²) in [6.07, 6.45) is 2.84. The number of esters is 1. The number of aromatic nitrogens is 1. The number of para-hydroxylation sites is 1. The highest BCUT2D eigenvalue weighted by molar-refractivity contribution is 9.11. The fourth-order valence-corrected chi connectivity index (χ4v) is 3.36. The maximum Gasteiger partial charge on any atom is 0.331 e. The normalized spacial score (nSPS) is 11.0. The van der Waals surface area contributed by atoms with Gasteiger partial charge in [0, 0.05) is 11.5 Å². The van der Waals surface area contributed by atoms with Gasteiger partial charge < -0.3 is 4.74 Å². The van der Waals surface area contributed by atoms with Gasteiger partial charge in [-0.15, -0.1) is 11.3 Å². The van der Waals surface area contributed by atoms with Crippen LogP contribution in [0, 0.1) is 0 Å². The molecular formula is C18H12BrNO3S. The summed E-state index contributed by atoms with van der Waals surface area (Å²) in [5, 5.41) is 1.03. The summed E-state index contributed by atoms with van der Waals surface area (Å²) >= 11 is 4.60. The van der Waals surface area contributed by atoms with Crippen LogP contribution in [0.1, 0.15) is 15.4 Å². The van der Waals surface area contributed by atoms with Crippen LogP contribution in [0.25, 0.3) is 17.0 Å². The molecular weight excluding hydrogens is 390 g/mol. The first-order valence-corrected chi connectivity index (χ1v) is 8.72. The van der Waals surface area contributed by atoms with Crippen molar-refractivity contribution >= 4 is 56.0 Å².